The van der Waals surface area contributed by atoms with Crippen molar-refractivity contribution in [1.82, 2.24) is 15.0 Å². The first-order valence-electron chi connectivity index (χ1n) is 6.44. The Morgan fingerprint density at radius 2 is 2.00 bits per heavy atom. The fourth-order valence-electron chi connectivity index (χ4n) is 1.93. The van der Waals surface area contributed by atoms with Crippen LogP contribution in [0.2, 0.25) is 0 Å². The molecule has 0 aliphatic heterocycles. The molecule has 0 unspecified atom stereocenters. The number of nitrogens with zero attached hydrogens (tertiary/aromatic N) is 3. The lowest BCUT2D eigenvalue weighted by Crippen LogP contribution is -2.12. The molecule has 1 N–H and O–H groups in total. The number of hydrogen-bond acceptors (Lipinski definition) is 4. The van der Waals surface area contributed by atoms with E-state index in [0.717, 1.165) is 11.4 Å². The molecule has 102 valence electrons. The van der Waals surface area contributed by atoms with Gasteiger partial charge in [-0.1, -0.05) is 23.4 Å². The van der Waals surface area contributed by atoms with E-state index in [4.69, 9.17) is 4.74 Å². The van der Waals surface area contributed by atoms with Gasteiger partial charge in [0.15, 0.2) is 0 Å². The fraction of sp³-hybridized carbons (Fsp3) is 0.429. The van der Waals surface area contributed by atoms with E-state index in [2.05, 4.69) is 10.3 Å². The third-order valence-corrected chi connectivity index (χ3v) is 2.86. The number of rotatable bonds is 6. The Kier molecular flexibility index (Phi) is 4.52. The molecule has 0 fully saturated rings. The molecule has 0 bridgehead atoms. The van der Waals surface area contributed by atoms with Crippen LogP contribution in [0.15, 0.2) is 30.3 Å². The Morgan fingerprint density at radius 1 is 1.26 bits per heavy atom. The first-order chi connectivity index (χ1) is 9.22. The predicted octanol–water partition coefficient (Wildman–Crippen LogP) is 1.97. The van der Waals surface area contributed by atoms with Gasteiger partial charge in [0.25, 0.3) is 0 Å². The van der Waals surface area contributed by atoms with Crippen molar-refractivity contribution in [2.75, 3.05) is 6.61 Å². The highest BCUT2D eigenvalue weighted by Crippen LogP contribution is 2.14. The summed E-state index contributed by atoms with van der Waals surface area (Å²) in [6.45, 7) is 4.53. The highest BCUT2D eigenvalue weighted by molar-refractivity contribution is 5.21. The lowest BCUT2D eigenvalue weighted by molar-refractivity contribution is 0.272. The summed E-state index contributed by atoms with van der Waals surface area (Å²) >= 11 is 0. The quantitative estimate of drug-likeness (QED) is 0.863. The summed E-state index contributed by atoms with van der Waals surface area (Å²) < 4.78 is 7.50. The van der Waals surface area contributed by atoms with Gasteiger partial charge in [-0.15, -0.1) is 5.10 Å². The van der Waals surface area contributed by atoms with Crippen LogP contribution in [0.3, 0.4) is 0 Å². The van der Waals surface area contributed by atoms with E-state index in [1.54, 1.807) is 0 Å². The van der Waals surface area contributed by atoms with Gasteiger partial charge in [-0.05, 0) is 26.0 Å². The SMILES string of the molecule is CC(C)n1nnc(CO)c1CCOc1ccccc1. The summed E-state index contributed by atoms with van der Waals surface area (Å²) in [4.78, 5) is 0. The summed E-state index contributed by atoms with van der Waals surface area (Å²) in [6.07, 6.45) is 0.677. The average molecular weight is 261 g/mol. The molecule has 0 aliphatic carbocycles. The molecule has 0 atom stereocenters. The minimum atomic E-state index is -0.0899. The number of hydrogen-bond donors (Lipinski definition) is 1. The van der Waals surface area contributed by atoms with Gasteiger partial charge >= 0.3 is 0 Å². The maximum absolute atomic E-state index is 9.27. The zero-order valence-corrected chi connectivity index (χ0v) is 11.3. The Hall–Kier alpha value is -1.88. The molecule has 2 rings (SSSR count). The Balaban J connectivity index is 2.00. The van der Waals surface area contributed by atoms with Crippen molar-refractivity contribution >= 4 is 0 Å². The first-order valence-corrected chi connectivity index (χ1v) is 6.44. The molecular formula is C14H19N3O2. The zero-order chi connectivity index (χ0) is 13.7. The molecule has 5 heteroatoms. The largest absolute Gasteiger partial charge is 0.493 e. The molecule has 1 aromatic carbocycles. The molecule has 19 heavy (non-hydrogen) atoms. The number of aromatic nitrogens is 3. The second-order valence-corrected chi connectivity index (χ2v) is 4.59. The van der Waals surface area contributed by atoms with Crippen molar-refractivity contribution < 1.29 is 9.84 Å². The normalized spacial score (nSPS) is 10.9. The lowest BCUT2D eigenvalue weighted by Gasteiger charge is -2.11. The molecular weight excluding hydrogens is 242 g/mol. The summed E-state index contributed by atoms with van der Waals surface area (Å²) in [6, 6.07) is 9.90. The number of benzene rings is 1. The Bertz CT molecular complexity index is 509. The third kappa shape index (κ3) is 3.32. The van der Waals surface area contributed by atoms with E-state index in [0.29, 0.717) is 18.7 Å². The van der Waals surface area contributed by atoms with E-state index in [1.165, 1.54) is 0 Å². The van der Waals surface area contributed by atoms with E-state index in [-0.39, 0.29) is 12.6 Å². The van der Waals surface area contributed by atoms with Crippen LogP contribution in [-0.2, 0) is 13.0 Å². The van der Waals surface area contributed by atoms with E-state index in [1.807, 2.05) is 48.9 Å². The smallest absolute Gasteiger partial charge is 0.119 e. The van der Waals surface area contributed by atoms with Crippen molar-refractivity contribution in [2.24, 2.45) is 0 Å². The molecule has 1 aromatic heterocycles. The van der Waals surface area contributed by atoms with E-state index < -0.39 is 0 Å². The fourth-order valence-corrected chi connectivity index (χ4v) is 1.93. The maximum Gasteiger partial charge on any atom is 0.119 e. The van der Waals surface area contributed by atoms with Gasteiger partial charge in [-0.25, -0.2) is 4.68 Å². The lowest BCUT2D eigenvalue weighted by atomic mass is 10.2. The number of aliphatic hydroxyl groups excluding tert-OH is 1. The van der Waals surface area contributed by atoms with Crippen molar-refractivity contribution in [3.8, 4) is 5.75 Å². The topological polar surface area (TPSA) is 60.2 Å². The predicted molar refractivity (Wildman–Crippen MR) is 72.0 cm³/mol. The average Bonchev–Trinajstić information content (AvgIpc) is 2.83. The molecule has 5 nitrogen and oxygen atoms in total. The van der Waals surface area contributed by atoms with Crippen LogP contribution >= 0.6 is 0 Å². The minimum absolute atomic E-state index is 0.0899. The van der Waals surface area contributed by atoms with Crippen LogP contribution in [0, 0.1) is 0 Å². The van der Waals surface area contributed by atoms with E-state index >= 15 is 0 Å². The van der Waals surface area contributed by atoms with Crippen molar-refractivity contribution in [2.45, 2.75) is 32.9 Å². The second kappa shape index (κ2) is 6.33. The van der Waals surface area contributed by atoms with Gasteiger partial charge in [0, 0.05) is 12.5 Å². The summed E-state index contributed by atoms with van der Waals surface area (Å²) in [5, 5.41) is 17.3. The standard InChI is InChI=1S/C14H19N3O2/c1-11(2)17-14(13(10-18)15-16-17)8-9-19-12-6-4-3-5-7-12/h3-7,11,18H,8-10H2,1-2H3. The molecule has 0 saturated heterocycles. The molecule has 0 amide bonds. The highest BCUT2D eigenvalue weighted by atomic mass is 16.5. The molecule has 0 radical (unpaired) electrons. The zero-order valence-electron chi connectivity index (χ0n) is 11.3. The number of para-hydroxylation sites is 1. The highest BCUT2D eigenvalue weighted by Gasteiger charge is 2.14. The van der Waals surface area contributed by atoms with Gasteiger partial charge in [0.2, 0.25) is 0 Å². The Labute approximate surface area is 112 Å². The number of aliphatic hydroxyl groups is 1. The van der Waals surface area contributed by atoms with Crippen molar-refractivity contribution in [1.29, 1.82) is 0 Å². The van der Waals surface area contributed by atoms with Crippen molar-refractivity contribution in [3.63, 3.8) is 0 Å². The van der Waals surface area contributed by atoms with Gasteiger partial charge in [-0.2, -0.15) is 0 Å². The summed E-state index contributed by atoms with van der Waals surface area (Å²) in [5.41, 5.74) is 1.57. The molecule has 2 aromatic rings. The van der Waals surface area contributed by atoms with Gasteiger partial charge in [-0.3, -0.25) is 0 Å². The monoisotopic (exact) mass is 261 g/mol. The van der Waals surface area contributed by atoms with Crippen LogP contribution in [0.25, 0.3) is 0 Å². The second-order valence-electron chi connectivity index (χ2n) is 4.59. The minimum Gasteiger partial charge on any atom is -0.493 e. The van der Waals surface area contributed by atoms with Crippen LogP contribution in [0.1, 0.15) is 31.3 Å². The number of ether oxygens (including phenoxy) is 1. The third-order valence-electron chi connectivity index (χ3n) is 2.86. The Morgan fingerprint density at radius 3 is 2.63 bits per heavy atom. The van der Waals surface area contributed by atoms with Crippen molar-refractivity contribution in [3.05, 3.63) is 41.7 Å². The molecule has 0 aliphatic rings. The molecule has 0 saturated carbocycles. The van der Waals surface area contributed by atoms with Gasteiger partial charge in [0.1, 0.15) is 11.4 Å². The van der Waals surface area contributed by atoms with Gasteiger partial charge < -0.3 is 9.84 Å². The van der Waals surface area contributed by atoms with Crippen LogP contribution in [-0.4, -0.2) is 26.7 Å². The summed E-state index contributed by atoms with van der Waals surface area (Å²) in [7, 11) is 0. The maximum atomic E-state index is 9.27. The van der Waals surface area contributed by atoms with Crippen LogP contribution in [0.4, 0.5) is 0 Å². The van der Waals surface area contributed by atoms with E-state index in [9.17, 15) is 5.11 Å². The first kappa shape index (κ1) is 13.5. The van der Waals surface area contributed by atoms with Crippen LogP contribution in [0.5, 0.6) is 5.75 Å². The van der Waals surface area contributed by atoms with Crippen LogP contribution < -0.4 is 4.74 Å². The molecule has 0 spiro atoms. The summed E-state index contributed by atoms with van der Waals surface area (Å²) in [5.74, 6) is 0.844. The van der Waals surface area contributed by atoms with Gasteiger partial charge in [0.05, 0.1) is 18.9 Å². The molecule has 1 heterocycles.